The van der Waals surface area contributed by atoms with E-state index in [2.05, 4.69) is 0 Å². The van der Waals surface area contributed by atoms with Crippen LogP contribution in [0.4, 0.5) is 4.39 Å². The maximum Gasteiger partial charge on any atom is 0.126 e. The second-order valence-corrected chi connectivity index (χ2v) is 4.95. The third-order valence-corrected chi connectivity index (χ3v) is 3.63. The first-order valence-electron chi connectivity index (χ1n) is 6.73. The van der Waals surface area contributed by atoms with Crippen LogP contribution >= 0.6 is 0 Å². The fourth-order valence-electron chi connectivity index (χ4n) is 2.48. The highest BCUT2D eigenvalue weighted by Gasteiger charge is 2.15. The fourth-order valence-corrected chi connectivity index (χ4v) is 2.48. The van der Waals surface area contributed by atoms with Crippen molar-refractivity contribution in [2.45, 2.75) is 19.3 Å². The highest BCUT2D eigenvalue weighted by molar-refractivity contribution is 5.38. The van der Waals surface area contributed by atoms with Crippen molar-refractivity contribution < 1.29 is 9.13 Å². The van der Waals surface area contributed by atoms with E-state index in [4.69, 9.17) is 10.5 Å². The molecule has 1 atom stereocenters. The molecule has 0 heterocycles. The van der Waals surface area contributed by atoms with Crippen LogP contribution in [0.2, 0.25) is 0 Å². The van der Waals surface area contributed by atoms with Crippen LogP contribution in [0.5, 0.6) is 5.75 Å². The predicted molar refractivity (Wildman–Crippen MR) is 79.6 cm³/mol. The Bertz CT molecular complexity index is 583. The van der Waals surface area contributed by atoms with Gasteiger partial charge in [-0.3, -0.25) is 0 Å². The first kappa shape index (κ1) is 14.5. The van der Waals surface area contributed by atoms with Gasteiger partial charge in [0.25, 0.3) is 0 Å². The minimum absolute atomic E-state index is 0.109. The van der Waals surface area contributed by atoms with Crippen molar-refractivity contribution >= 4 is 0 Å². The molecule has 0 spiro atoms. The fraction of sp³-hybridized carbons (Fsp3) is 0.294. The van der Waals surface area contributed by atoms with Crippen LogP contribution in [-0.2, 0) is 6.42 Å². The minimum Gasteiger partial charge on any atom is -0.497 e. The van der Waals surface area contributed by atoms with Crippen LogP contribution in [0.3, 0.4) is 0 Å². The number of rotatable bonds is 5. The van der Waals surface area contributed by atoms with Gasteiger partial charge in [-0.2, -0.15) is 0 Å². The first-order chi connectivity index (χ1) is 9.65. The van der Waals surface area contributed by atoms with E-state index in [9.17, 15) is 4.39 Å². The second-order valence-electron chi connectivity index (χ2n) is 4.95. The third-order valence-electron chi connectivity index (χ3n) is 3.63. The molecule has 20 heavy (non-hydrogen) atoms. The molecule has 2 N–H and O–H groups in total. The molecular formula is C17H20FNO. The van der Waals surface area contributed by atoms with E-state index in [1.165, 1.54) is 6.07 Å². The lowest BCUT2D eigenvalue weighted by molar-refractivity contribution is 0.414. The van der Waals surface area contributed by atoms with Crippen molar-refractivity contribution in [3.8, 4) is 5.75 Å². The number of hydrogen-bond donors (Lipinski definition) is 1. The summed E-state index contributed by atoms with van der Waals surface area (Å²) in [5, 5.41) is 0. The molecule has 0 bridgehead atoms. The molecule has 0 aliphatic heterocycles. The Balaban J connectivity index is 2.27. The summed E-state index contributed by atoms with van der Waals surface area (Å²) in [4.78, 5) is 0. The van der Waals surface area contributed by atoms with Gasteiger partial charge in [-0.25, -0.2) is 4.39 Å². The molecule has 0 fully saturated rings. The maximum absolute atomic E-state index is 13.8. The van der Waals surface area contributed by atoms with E-state index in [1.54, 1.807) is 13.2 Å². The number of methoxy groups -OCH3 is 1. The molecule has 2 nitrogen and oxygen atoms in total. The van der Waals surface area contributed by atoms with Gasteiger partial charge in [0.05, 0.1) is 7.11 Å². The lowest BCUT2D eigenvalue weighted by Gasteiger charge is -2.18. The van der Waals surface area contributed by atoms with Crippen molar-refractivity contribution in [2.75, 3.05) is 13.7 Å². The van der Waals surface area contributed by atoms with Gasteiger partial charge in [-0.05, 0) is 54.8 Å². The number of aryl methyl sites for hydroxylation is 1. The monoisotopic (exact) mass is 273 g/mol. The first-order valence-corrected chi connectivity index (χ1v) is 6.73. The lowest BCUT2D eigenvalue weighted by Crippen LogP contribution is -2.16. The van der Waals surface area contributed by atoms with Gasteiger partial charge in [0.1, 0.15) is 11.6 Å². The molecule has 0 saturated carbocycles. The molecule has 0 aromatic heterocycles. The SMILES string of the molecule is COc1ccc(C(CN)Cc2ccccc2F)c(C)c1. The Morgan fingerprint density at radius 2 is 1.95 bits per heavy atom. The molecule has 0 amide bonds. The van der Waals surface area contributed by atoms with Crippen molar-refractivity contribution in [1.82, 2.24) is 0 Å². The van der Waals surface area contributed by atoms with Crippen LogP contribution in [-0.4, -0.2) is 13.7 Å². The Kier molecular flexibility index (Phi) is 4.74. The van der Waals surface area contributed by atoms with E-state index < -0.39 is 0 Å². The van der Waals surface area contributed by atoms with Crippen LogP contribution < -0.4 is 10.5 Å². The highest BCUT2D eigenvalue weighted by atomic mass is 19.1. The number of nitrogens with two attached hydrogens (primary N) is 1. The average Bonchev–Trinajstić information content (AvgIpc) is 2.47. The number of ether oxygens (including phenoxy) is 1. The normalized spacial score (nSPS) is 12.2. The summed E-state index contributed by atoms with van der Waals surface area (Å²) < 4.78 is 19.0. The molecular weight excluding hydrogens is 253 g/mol. The number of halogens is 1. The van der Waals surface area contributed by atoms with Crippen molar-refractivity contribution in [2.24, 2.45) is 5.73 Å². The largest absolute Gasteiger partial charge is 0.497 e. The zero-order valence-electron chi connectivity index (χ0n) is 11.9. The average molecular weight is 273 g/mol. The predicted octanol–water partition coefficient (Wildman–Crippen LogP) is 3.43. The van der Waals surface area contributed by atoms with Gasteiger partial charge in [0.2, 0.25) is 0 Å². The Labute approximate surface area is 119 Å². The molecule has 106 valence electrons. The van der Waals surface area contributed by atoms with Crippen LogP contribution in [0, 0.1) is 12.7 Å². The summed E-state index contributed by atoms with van der Waals surface area (Å²) in [7, 11) is 1.65. The zero-order chi connectivity index (χ0) is 14.5. The minimum atomic E-state index is -0.169. The molecule has 0 aliphatic carbocycles. The van der Waals surface area contributed by atoms with Gasteiger partial charge in [-0.15, -0.1) is 0 Å². The van der Waals surface area contributed by atoms with Gasteiger partial charge in [0, 0.05) is 5.92 Å². The summed E-state index contributed by atoms with van der Waals surface area (Å²) in [6, 6.07) is 12.8. The van der Waals surface area contributed by atoms with Gasteiger partial charge >= 0.3 is 0 Å². The quantitative estimate of drug-likeness (QED) is 0.906. The van der Waals surface area contributed by atoms with Crippen molar-refractivity contribution in [3.63, 3.8) is 0 Å². The van der Waals surface area contributed by atoms with E-state index >= 15 is 0 Å². The number of hydrogen-bond acceptors (Lipinski definition) is 2. The summed E-state index contributed by atoms with van der Waals surface area (Å²) in [6.45, 7) is 2.52. The third kappa shape index (κ3) is 3.17. The summed E-state index contributed by atoms with van der Waals surface area (Å²) in [5.74, 6) is 0.767. The molecule has 2 aromatic carbocycles. The summed E-state index contributed by atoms with van der Waals surface area (Å²) >= 11 is 0. The smallest absolute Gasteiger partial charge is 0.126 e. The highest BCUT2D eigenvalue weighted by Crippen LogP contribution is 2.27. The van der Waals surface area contributed by atoms with Crippen molar-refractivity contribution in [3.05, 3.63) is 65.0 Å². The van der Waals surface area contributed by atoms with E-state index in [0.29, 0.717) is 18.5 Å². The van der Waals surface area contributed by atoms with Gasteiger partial charge < -0.3 is 10.5 Å². The van der Waals surface area contributed by atoms with E-state index in [-0.39, 0.29) is 11.7 Å². The van der Waals surface area contributed by atoms with Gasteiger partial charge in [-0.1, -0.05) is 24.3 Å². The molecule has 3 heteroatoms. The Hall–Kier alpha value is -1.87. The maximum atomic E-state index is 13.8. The Morgan fingerprint density at radius 3 is 2.55 bits per heavy atom. The van der Waals surface area contributed by atoms with Crippen LogP contribution in [0.25, 0.3) is 0 Å². The zero-order valence-corrected chi connectivity index (χ0v) is 11.9. The van der Waals surface area contributed by atoms with E-state index in [0.717, 1.165) is 16.9 Å². The van der Waals surface area contributed by atoms with Crippen molar-refractivity contribution in [1.29, 1.82) is 0 Å². The standard InChI is InChI=1S/C17H20FNO/c1-12-9-15(20-2)7-8-16(12)14(11-19)10-13-5-3-4-6-17(13)18/h3-9,14H,10-11,19H2,1-2H3. The van der Waals surface area contributed by atoms with Crippen LogP contribution in [0.15, 0.2) is 42.5 Å². The Morgan fingerprint density at radius 1 is 1.20 bits per heavy atom. The number of benzene rings is 2. The molecule has 2 aromatic rings. The molecule has 2 rings (SSSR count). The second kappa shape index (κ2) is 6.53. The van der Waals surface area contributed by atoms with E-state index in [1.807, 2.05) is 37.3 Å². The van der Waals surface area contributed by atoms with Crippen LogP contribution in [0.1, 0.15) is 22.6 Å². The van der Waals surface area contributed by atoms with Gasteiger partial charge in [0.15, 0.2) is 0 Å². The molecule has 0 aliphatic rings. The summed E-state index contributed by atoms with van der Waals surface area (Å²) in [6.07, 6.45) is 0.607. The lowest BCUT2D eigenvalue weighted by atomic mass is 9.89. The molecule has 1 unspecified atom stereocenters. The molecule has 0 saturated heterocycles. The summed E-state index contributed by atoms with van der Waals surface area (Å²) in [5.41, 5.74) is 8.87. The topological polar surface area (TPSA) is 35.2 Å². The molecule has 0 radical (unpaired) electrons.